The second kappa shape index (κ2) is 24.0. The predicted molar refractivity (Wildman–Crippen MR) is 472 cm³/mol. The molecule has 0 radical (unpaired) electrons. The van der Waals surface area contributed by atoms with Crippen LogP contribution in [0.4, 0.5) is 0 Å². The van der Waals surface area contributed by atoms with Gasteiger partial charge in [0, 0.05) is 79.0 Å². The van der Waals surface area contributed by atoms with Crippen molar-refractivity contribution >= 4 is 184 Å². The molecule has 0 saturated carbocycles. The van der Waals surface area contributed by atoms with Gasteiger partial charge in [0.25, 0.3) is 0 Å². The van der Waals surface area contributed by atoms with E-state index in [0.717, 1.165) is 191 Å². The highest BCUT2D eigenvalue weighted by Gasteiger charge is 2.25. The largest absolute Gasteiger partial charge is 0.278 e. The molecule has 0 saturated heterocycles. The van der Waals surface area contributed by atoms with Crippen LogP contribution in [0.2, 0.25) is 0 Å². The topological polar surface area (TPSA) is 113 Å². The molecule has 6 aromatic heterocycles. The van der Waals surface area contributed by atoms with Crippen LogP contribution in [0.1, 0.15) is 0 Å². The molecule has 524 valence electrons. The van der Waals surface area contributed by atoms with E-state index in [-0.39, 0.29) is 0 Å². The van der Waals surface area contributed by atoms with Crippen LogP contribution in [0.3, 0.4) is 0 Å². The number of rotatable bonds is 7. The summed E-state index contributed by atoms with van der Waals surface area (Å²) in [5, 5.41) is 28.7. The smallest absolute Gasteiger partial charge is 0.235 e. The van der Waals surface area contributed by atoms with Crippen LogP contribution in [-0.4, -0.2) is 49.0 Å². The third kappa shape index (κ3) is 9.18. The van der Waals surface area contributed by atoms with Crippen LogP contribution in [0.25, 0.3) is 252 Å². The Balaban J connectivity index is 0.645. The highest BCUT2D eigenvalue weighted by atomic mass is 15.2. The lowest BCUT2D eigenvalue weighted by molar-refractivity contribution is 1.01. The van der Waals surface area contributed by atoms with E-state index in [1.807, 2.05) is 24.8 Å². The van der Waals surface area contributed by atoms with Gasteiger partial charge in [-0.25, -0.2) is 39.9 Å². The SMILES string of the molecule is c1ccc(-c2cc3c(cc2-c2ccccc2)c2cnc(-n4c5ccccc5c5cc(-c6ccc7c(c6)c6ccccc6c6ccc(-c8ncc9c%10cc%11ccccc%11cc%10c%10cnc(-n%11c%12ccccc%12c%12ccccc%12%11)nc%10c9n8)cc67)ccc54)nc2c2nc(-c4ccc5c6ccccc6c6ccccc6c5c4)ncc32)cc1. The molecule has 6 heterocycles. The van der Waals surface area contributed by atoms with Crippen LogP contribution in [-0.2, 0) is 0 Å². The minimum absolute atomic E-state index is 0.544. The van der Waals surface area contributed by atoms with Gasteiger partial charge in [0.15, 0.2) is 11.6 Å². The van der Waals surface area contributed by atoms with Crippen molar-refractivity contribution in [1.29, 1.82) is 0 Å². The Kier molecular flexibility index (Phi) is 13.1. The standard InChI is InChI=1S/C104H58N10/c1-3-21-59(22-4-1)79-53-86-87(54-80(79)60-23-5-2-6-24-60)92-58-108-104(112-100(92)98-90(86)56-106-101(110-98)65-40-44-73-69-29-10-9-27-67(69)68-28-11-13-31-71(68)82(73)51-65)114-95-38-20-17-35-78(95)88-50-64(42-46-96(88)114)63-39-43-75-81(49-63)72-32-14-12-30-70(72)74-45-41-66(52-83(74)75)102-105-55-89-84-47-61-25-7-8-26-62(61)48-85(84)91-57-107-103(111-99(91)97(89)109-102)113-93-36-18-15-33-76(93)77-34-16-19-37-94(77)113/h1-58H. The monoisotopic (exact) mass is 1450 g/mol. The first-order chi connectivity index (χ1) is 56.5. The average Bonchev–Trinajstić information content (AvgIpc) is 1.16. The van der Waals surface area contributed by atoms with Crippen molar-refractivity contribution in [2.75, 3.05) is 0 Å². The molecule has 10 nitrogen and oxygen atoms in total. The van der Waals surface area contributed by atoms with Gasteiger partial charge in [0.05, 0.1) is 22.1 Å². The first-order valence-corrected chi connectivity index (χ1v) is 38.6. The molecule has 0 bridgehead atoms. The number of nitrogens with zero attached hydrogens (tertiary/aromatic N) is 10. The van der Waals surface area contributed by atoms with Crippen molar-refractivity contribution in [3.63, 3.8) is 0 Å². The van der Waals surface area contributed by atoms with Gasteiger partial charge in [-0.05, 0) is 203 Å². The molecule has 0 N–H and O–H groups in total. The van der Waals surface area contributed by atoms with E-state index in [2.05, 4.69) is 337 Å². The van der Waals surface area contributed by atoms with E-state index in [9.17, 15) is 0 Å². The van der Waals surface area contributed by atoms with Gasteiger partial charge in [0.2, 0.25) is 11.9 Å². The van der Waals surface area contributed by atoms with Crippen LogP contribution in [0.15, 0.2) is 352 Å². The number of fused-ring (bicyclic) bond motifs is 31. The molecule has 19 aromatic carbocycles. The fraction of sp³-hybridized carbons (Fsp3) is 0. The summed E-state index contributed by atoms with van der Waals surface area (Å²) >= 11 is 0. The van der Waals surface area contributed by atoms with Crippen LogP contribution in [0.5, 0.6) is 0 Å². The number of para-hydroxylation sites is 3. The second-order valence-corrected chi connectivity index (χ2v) is 30.1. The van der Waals surface area contributed by atoms with Crippen molar-refractivity contribution in [3.05, 3.63) is 352 Å². The molecule has 10 heteroatoms. The van der Waals surface area contributed by atoms with Crippen LogP contribution < -0.4 is 0 Å². The Bertz CT molecular complexity index is 8480. The van der Waals surface area contributed by atoms with Gasteiger partial charge < -0.3 is 0 Å². The minimum atomic E-state index is 0.544. The zero-order valence-corrected chi connectivity index (χ0v) is 61.0. The lowest BCUT2D eigenvalue weighted by Gasteiger charge is -2.17. The summed E-state index contributed by atoms with van der Waals surface area (Å²) in [5.41, 5.74) is 15.6. The molecule has 114 heavy (non-hydrogen) atoms. The third-order valence-electron chi connectivity index (χ3n) is 24.0. The van der Waals surface area contributed by atoms with Crippen molar-refractivity contribution in [1.82, 2.24) is 49.0 Å². The van der Waals surface area contributed by atoms with Crippen LogP contribution in [0, 0.1) is 0 Å². The fourth-order valence-electron chi connectivity index (χ4n) is 18.8. The van der Waals surface area contributed by atoms with E-state index < -0.39 is 0 Å². The van der Waals surface area contributed by atoms with E-state index >= 15 is 0 Å². The molecule has 0 aliphatic heterocycles. The number of hydrogen-bond acceptors (Lipinski definition) is 8. The quantitative estimate of drug-likeness (QED) is 0.115. The summed E-state index contributed by atoms with van der Waals surface area (Å²) in [6.45, 7) is 0. The maximum absolute atomic E-state index is 5.75. The first-order valence-electron chi connectivity index (χ1n) is 38.6. The van der Waals surface area contributed by atoms with Crippen molar-refractivity contribution in [2.24, 2.45) is 0 Å². The maximum Gasteiger partial charge on any atom is 0.235 e. The summed E-state index contributed by atoms with van der Waals surface area (Å²) < 4.78 is 4.40. The number of aromatic nitrogens is 10. The third-order valence-corrected chi connectivity index (χ3v) is 24.0. The molecule has 0 aliphatic carbocycles. The molecule has 0 fully saturated rings. The highest BCUT2D eigenvalue weighted by molar-refractivity contribution is 6.30. The molecule has 0 aliphatic rings. The van der Waals surface area contributed by atoms with Gasteiger partial charge in [-0.3, -0.25) is 9.13 Å². The zero-order valence-electron chi connectivity index (χ0n) is 61.0. The second-order valence-electron chi connectivity index (χ2n) is 30.1. The van der Waals surface area contributed by atoms with Crippen molar-refractivity contribution < 1.29 is 0 Å². The van der Waals surface area contributed by atoms with E-state index in [0.29, 0.717) is 23.5 Å². The predicted octanol–water partition coefficient (Wildman–Crippen LogP) is 26.4. The van der Waals surface area contributed by atoms with Gasteiger partial charge in [-0.1, -0.05) is 255 Å². The Labute approximate surface area is 649 Å². The lowest BCUT2D eigenvalue weighted by Crippen LogP contribution is -2.03. The summed E-state index contributed by atoms with van der Waals surface area (Å²) in [4.78, 5) is 43.7. The maximum atomic E-state index is 5.75. The summed E-state index contributed by atoms with van der Waals surface area (Å²) in [5.74, 6) is 2.36. The molecule has 25 rings (SSSR count). The van der Waals surface area contributed by atoms with Crippen LogP contribution >= 0.6 is 0 Å². The van der Waals surface area contributed by atoms with E-state index in [1.165, 1.54) is 37.7 Å². The Morgan fingerprint density at radius 3 is 0.877 bits per heavy atom. The minimum Gasteiger partial charge on any atom is -0.278 e. The average molecular weight is 1450 g/mol. The van der Waals surface area contributed by atoms with Crippen molar-refractivity contribution in [3.8, 4) is 68.1 Å². The van der Waals surface area contributed by atoms with Gasteiger partial charge in [-0.2, -0.15) is 0 Å². The van der Waals surface area contributed by atoms with E-state index in [1.54, 1.807) is 0 Å². The molecule has 0 unspecified atom stereocenters. The zero-order chi connectivity index (χ0) is 74.4. The first kappa shape index (κ1) is 62.4. The molecule has 25 aromatic rings. The lowest BCUT2D eigenvalue weighted by atomic mass is 9.89. The van der Waals surface area contributed by atoms with Gasteiger partial charge in [0.1, 0.15) is 22.1 Å². The van der Waals surface area contributed by atoms with Gasteiger partial charge >= 0.3 is 0 Å². The normalized spacial score (nSPS) is 12.2. The number of hydrogen-bond donors (Lipinski definition) is 0. The molecular weight excluding hydrogens is 1390 g/mol. The molecule has 0 spiro atoms. The molecular formula is C104H58N10. The summed E-state index contributed by atoms with van der Waals surface area (Å²) in [6, 6.07) is 118. The van der Waals surface area contributed by atoms with E-state index in [4.69, 9.17) is 39.9 Å². The summed E-state index contributed by atoms with van der Waals surface area (Å²) in [7, 11) is 0. The fourth-order valence-corrected chi connectivity index (χ4v) is 18.8. The Hall–Kier alpha value is -15.5. The Morgan fingerprint density at radius 2 is 0.447 bits per heavy atom. The molecule has 0 amide bonds. The Morgan fingerprint density at radius 1 is 0.167 bits per heavy atom. The number of benzene rings is 19. The molecule has 0 atom stereocenters. The highest BCUT2D eigenvalue weighted by Crippen LogP contribution is 2.47. The van der Waals surface area contributed by atoms with Gasteiger partial charge in [-0.15, -0.1) is 0 Å². The summed E-state index contributed by atoms with van der Waals surface area (Å²) in [6.07, 6.45) is 8.02. The van der Waals surface area contributed by atoms with Crippen molar-refractivity contribution in [2.45, 2.75) is 0 Å².